The van der Waals surface area contributed by atoms with Gasteiger partial charge in [-0.25, -0.2) is 8.78 Å². The predicted octanol–water partition coefficient (Wildman–Crippen LogP) is 3.06. The molecule has 3 heteroatoms. The quantitative estimate of drug-likeness (QED) is 0.883. The van der Waals surface area contributed by atoms with Crippen molar-refractivity contribution in [3.05, 3.63) is 70.8 Å². The van der Waals surface area contributed by atoms with Crippen LogP contribution >= 0.6 is 0 Å². The minimum absolute atomic E-state index is 0.373. The maximum atomic E-state index is 13.5. The predicted molar refractivity (Wildman–Crippen MR) is 68.4 cm³/mol. The minimum Gasteiger partial charge on any atom is -0.330 e. The van der Waals surface area contributed by atoms with Crippen molar-refractivity contribution in [2.45, 2.75) is 12.8 Å². The van der Waals surface area contributed by atoms with E-state index in [0.29, 0.717) is 18.5 Å². The van der Waals surface area contributed by atoms with Crippen LogP contribution in [0.4, 0.5) is 8.78 Å². The second-order valence-corrected chi connectivity index (χ2v) is 4.27. The normalized spacial score (nSPS) is 10.6. The number of hydrogen-bond acceptors (Lipinski definition) is 1. The molecule has 2 rings (SSSR count). The Morgan fingerprint density at radius 2 is 1.56 bits per heavy atom. The van der Waals surface area contributed by atoms with Crippen molar-refractivity contribution >= 4 is 0 Å². The molecular weight excluding hydrogens is 232 g/mol. The summed E-state index contributed by atoms with van der Waals surface area (Å²) in [4.78, 5) is 0. The summed E-state index contributed by atoms with van der Waals surface area (Å²) in [5, 5.41) is 0. The molecule has 0 spiro atoms. The molecule has 0 aliphatic carbocycles. The summed E-state index contributed by atoms with van der Waals surface area (Å²) < 4.78 is 26.5. The SMILES string of the molecule is NCCc1ccc(Cc2cc(F)ccc2F)cc1. The molecule has 0 amide bonds. The van der Waals surface area contributed by atoms with E-state index in [9.17, 15) is 8.78 Å². The van der Waals surface area contributed by atoms with Gasteiger partial charge in [0.2, 0.25) is 0 Å². The van der Waals surface area contributed by atoms with Crippen LogP contribution in [-0.2, 0) is 12.8 Å². The topological polar surface area (TPSA) is 26.0 Å². The standard InChI is InChI=1S/C15H15F2N/c16-14-5-6-15(17)13(10-14)9-12-3-1-11(2-4-12)7-8-18/h1-6,10H,7-9,18H2. The highest BCUT2D eigenvalue weighted by molar-refractivity contribution is 5.30. The number of benzene rings is 2. The number of hydrogen-bond donors (Lipinski definition) is 1. The second kappa shape index (κ2) is 5.74. The first kappa shape index (κ1) is 12.7. The van der Waals surface area contributed by atoms with Crippen molar-refractivity contribution < 1.29 is 8.78 Å². The second-order valence-electron chi connectivity index (χ2n) is 4.27. The first-order chi connectivity index (χ1) is 8.69. The average Bonchev–Trinajstić information content (AvgIpc) is 2.37. The molecule has 0 saturated heterocycles. The molecule has 0 atom stereocenters. The summed E-state index contributed by atoms with van der Waals surface area (Å²) in [5.41, 5.74) is 7.96. The molecule has 0 aliphatic rings. The van der Waals surface area contributed by atoms with E-state index in [4.69, 9.17) is 5.73 Å². The van der Waals surface area contributed by atoms with Gasteiger partial charge in [0.1, 0.15) is 11.6 Å². The minimum atomic E-state index is -0.411. The Morgan fingerprint density at radius 1 is 0.889 bits per heavy atom. The van der Waals surface area contributed by atoms with Crippen molar-refractivity contribution in [2.24, 2.45) is 5.73 Å². The summed E-state index contributed by atoms with van der Waals surface area (Å²) in [6.07, 6.45) is 1.22. The maximum absolute atomic E-state index is 13.5. The van der Waals surface area contributed by atoms with Gasteiger partial charge < -0.3 is 5.73 Å². The molecule has 2 aromatic rings. The van der Waals surface area contributed by atoms with Crippen molar-refractivity contribution in [1.29, 1.82) is 0 Å². The highest BCUT2D eigenvalue weighted by atomic mass is 19.1. The molecule has 2 N–H and O–H groups in total. The first-order valence-corrected chi connectivity index (χ1v) is 5.91. The molecule has 1 nitrogen and oxygen atoms in total. The Balaban J connectivity index is 2.15. The molecule has 0 saturated carbocycles. The molecule has 0 aliphatic heterocycles. The lowest BCUT2D eigenvalue weighted by Crippen LogP contribution is -2.02. The summed E-state index contributed by atoms with van der Waals surface area (Å²) in [7, 11) is 0. The van der Waals surface area contributed by atoms with Crippen molar-refractivity contribution in [3.8, 4) is 0 Å². The molecule has 0 radical (unpaired) electrons. The van der Waals surface area contributed by atoms with Gasteiger partial charge in [-0.2, -0.15) is 0 Å². The van der Waals surface area contributed by atoms with Gasteiger partial charge in [-0.3, -0.25) is 0 Å². The Labute approximate surface area is 105 Å². The molecule has 0 unspecified atom stereocenters. The molecule has 0 aromatic heterocycles. The van der Waals surface area contributed by atoms with E-state index in [1.807, 2.05) is 24.3 Å². The van der Waals surface area contributed by atoms with E-state index >= 15 is 0 Å². The van der Waals surface area contributed by atoms with Gasteiger partial charge in [0.25, 0.3) is 0 Å². The fourth-order valence-corrected chi connectivity index (χ4v) is 1.89. The third kappa shape index (κ3) is 3.14. The maximum Gasteiger partial charge on any atom is 0.126 e. The van der Waals surface area contributed by atoms with Gasteiger partial charge in [-0.15, -0.1) is 0 Å². The van der Waals surface area contributed by atoms with E-state index in [1.54, 1.807) is 0 Å². The van der Waals surface area contributed by atoms with Crippen LogP contribution in [0.2, 0.25) is 0 Å². The van der Waals surface area contributed by atoms with Gasteiger partial charge in [0, 0.05) is 6.42 Å². The summed E-state index contributed by atoms with van der Waals surface area (Å²) in [5.74, 6) is -0.784. The lowest BCUT2D eigenvalue weighted by Gasteiger charge is -2.05. The molecule has 18 heavy (non-hydrogen) atoms. The molecule has 0 heterocycles. The smallest absolute Gasteiger partial charge is 0.126 e. The Hall–Kier alpha value is -1.74. The van der Waals surface area contributed by atoms with E-state index in [0.717, 1.165) is 29.7 Å². The van der Waals surface area contributed by atoms with Crippen molar-refractivity contribution in [2.75, 3.05) is 6.54 Å². The van der Waals surface area contributed by atoms with Crippen LogP contribution < -0.4 is 5.73 Å². The van der Waals surface area contributed by atoms with Crippen molar-refractivity contribution in [1.82, 2.24) is 0 Å². The van der Waals surface area contributed by atoms with E-state index in [-0.39, 0.29) is 5.82 Å². The third-order valence-corrected chi connectivity index (χ3v) is 2.86. The van der Waals surface area contributed by atoms with Crippen LogP contribution in [-0.4, -0.2) is 6.54 Å². The molecular formula is C15H15F2N. The number of rotatable bonds is 4. The van der Waals surface area contributed by atoms with Crippen LogP contribution in [0.15, 0.2) is 42.5 Å². The molecule has 94 valence electrons. The Morgan fingerprint density at radius 3 is 2.22 bits per heavy atom. The van der Waals surface area contributed by atoms with E-state index in [2.05, 4.69) is 0 Å². The third-order valence-electron chi connectivity index (χ3n) is 2.86. The zero-order valence-electron chi connectivity index (χ0n) is 10.00. The zero-order chi connectivity index (χ0) is 13.0. The summed E-state index contributed by atoms with van der Waals surface area (Å²) >= 11 is 0. The lowest BCUT2D eigenvalue weighted by atomic mass is 10.0. The Kier molecular flexibility index (Phi) is 4.05. The monoisotopic (exact) mass is 247 g/mol. The van der Waals surface area contributed by atoms with Crippen LogP contribution in [0.25, 0.3) is 0 Å². The fraction of sp³-hybridized carbons (Fsp3) is 0.200. The highest BCUT2D eigenvalue weighted by Crippen LogP contribution is 2.15. The Bertz CT molecular complexity index is 521. The summed E-state index contributed by atoms with van der Waals surface area (Å²) in [6.45, 7) is 0.609. The van der Waals surface area contributed by atoms with Crippen LogP contribution in [0.1, 0.15) is 16.7 Å². The van der Waals surface area contributed by atoms with Crippen LogP contribution in [0.5, 0.6) is 0 Å². The molecule has 0 bridgehead atoms. The zero-order valence-corrected chi connectivity index (χ0v) is 10.00. The summed E-state index contributed by atoms with van der Waals surface area (Å²) in [6, 6.07) is 11.3. The van der Waals surface area contributed by atoms with Gasteiger partial charge in [0.15, 0.2) is 0 Å². The molecule has 2 aromatic carbocycles. The average molecular weight is 247 g/mol. The van der Waals surface area contributed by atoms with Crippen molar-refractivity contribution in [3.63, 3.8) is 0 Å². The van der Waals surface area contributed by atoms with E-state index in [1.165, 1.54) is 6.07 Å². The number of nitrogens with two attached hydrogens (primary N) is 1. The fourth-order valence-electron chi connectivity index (χ4n) is 1.89. The van der Waals surface area contributed by atoms with Gasteiger partial charge in [-0.1, -0.05) is 24.3 Å². The van der Waals surface area contributed by atoms with Gasteiger partial charge in [-0.05, 0) is 47.9 Å². The lowest BCUT2D eigenvalue weighted by molar-refractivity contribution is 0.588. The van der Waals surface area contributed by atoms with Gasteiger partial charge >= 0.3 is 0 Å². The van der Waals surface area contributed by atoms with Crippen LogP contribution in [0.3, 0.4) is 0 Å². The first-order valence-electron chi connectivity index (χ1n) is 5.91. The molecule has 0 fully saturated rings. The number of halogens is 2. The largest absolute Gasteiger partial charge is 0.330 e. The highest BCUT2D eigenvalue weighted by Gasteiger charge is 2.05. The van der Waals surface area contributed by atoms with Gasteiger partial charge in [0.05, 0.1) is 0 Å². The van der Waals surface area contributed by atoms with Crippen LogP contribution in [0, 0.1) is 11.6 Å². The van der Waals surface area contributed by atoms with E-state index < -0.39 is 5.82 Å².